The summed E-state index contributed by atoms with van der Waals surface area (Å²) in [6, 6.07) is 0.681. The summed E-state index contributed by atoms with van der Waals surface area (Å²) >= 11 is 0. The Kier molecular flexibility index (Phi) is 8.27. The van der Waals surface area contributed by atoms with Gasteiger partial charge in [0.05, 0.1) is 6.54 Å². The molecule has 0 aromatic carbocycles. The summed E-state index contributed by atoms with van der Waals surface area (Å²) in [6.45, 7) is 7.20. The molecule has 0 aliphatic rings. The zero-order valence-corrected chi connectivity index (χ0v) is 8.61. The molecule has 0 fully saturated rings. The summed E-state index contributed by atoms with van der Waals surface area (Å²) in [5, 5.41) is 3.45. The Morgan fingerprint density at radius 1 is 1.17 bits per heavy atom. The summed E-state index contributed by atoms with van der Waals surface area (Å²) in [7, 11) is 0. The largest absolute Gasteiger partial charge is 0.303 e. The van der Waals surface area contributed by atoms with Crippen molar-refractivity contribution in [2.24, 2.45) is 0 Å². The zero-order valence-electron chi connectivity index (χ0n) is 8.61. The van der Waals surface area contributed by atoms with E-state index in [1.165, 1.54) is 25.7 Å². The molecule has 1 heteroatoms. The second-order valence-electron chi connectivity index (χ2n) is 3.08. The molecule has 12 heavy (non-hydrogen) atoms. The molecule has 0 saturated carbocycles. The van der Waals surface area contributed by atoms with Crippen LogP contribution < -0.4 is 5.32 Å². The van der Waals surface area contributed by atoms with Gasteiger partial charge in [0.1, 0.15) is 0 Å². The molecule has 0 aliphatic carbocycles. The van der Waals surface area contributed by atoms with Crippen LogP contribution in [0.4, 0.5) is 0 Å². The van der Waals surface area contributed by atoms with Crippen molar-refractivity contribution >= 4 is 0 Å². The van der Waals surface area contributed by atoms with E-state index in [9.17, 15) is 0 Å². The van der Waals surface area contributed by atoms with E-state index in [1.807, 2.05) is 6.92 Å². The Morgan fingerprint density at radius 3 is 2.17 bits per heavy atom. The molecular formula is C11H21N. The van der Waals surface area contributed by atoms with E-state index >= 15 is 0 Å². The van der Waals surface area contributed by atoms with Crippen molar-refractivity contribution in [3.63, 3.8) is 0 Å². The molecule has 0 atom stereocenters. The topological polar surface area (TPSA) is 12.0 Å². The average molecular weight is 167 g/mol. The lowest BCUT2D eigenvalue weighted by atomic mass is 10.1. The van der Waals surface area contributed by atoms with Gasteiger partial charge >= 0.3 is 0 Å². The Hall–Kier alpha value is -0.480. The SMILES string of the molecule is CC#CCNC(CCC)CCC. The molecule has 0 aromatic rings. The highest BCUT2D eigenvalue weighted by Crippen LogP contribution is 2.03. The Bertz CT molecular complexity index is 135. The van der Waals surface area contributed by atoms with E-state index in [2.05, 4.69) is 31.0 Å². The van der Waals surface area contributed by atoms with Crippen LogP contribution in [0.3, 0.4) is 0 Å². The van der Waals surface area contributed by atoms with Gasteiger partial charge in [0, 0.05) is 6.04 Å². The fourth-order valence-electron chi connectivity index (χ4n) is 1.33. The van der Waals surface area contributed by atoms with Crippen molar-refractivity contribution in [1.29, 1.82) is 0 Å². The maximum atomic E-state index is 3.45. The minimum absolute atomic E-state index is 0.681. The molecule has 0 rings (SSSR count). The molecule has 0 radical (unpaired) electrons. The van der Waals surface area contributed by atoms with Crippen LogP contribution in [-0.2, 0) is 0 Å². The molecule has 1 nitrogen and oxygen atoms in total. The predicted octanol–water partition coefficient (Wildman–Crippen LogP) is 2.57. The van der Waals surface area contributed by atoms with Gasteiger partial charge in [-0.2, -0.15) is 0 Å². The van der Waals surface area contributed by atoms with E-state index < -0.39 is 0 Å². The minimum atomic E-state index is 0.681. The van der Waals surface area contributed by atoms with Crippen LogP contribution in [0.2, 0.25) is 0 Å². The highest BCUT2D eigenvalue weighted by molar-refractivity contribution is 4.97. The molecule has 0 aliphatic heterocycles. The van der Waals surface area contributed by atoms with Gasteiger partial charge in [-0.25, -0.2) is 0 Å². The molecule has 0 amide bonds. The van der Waals surface area contributed by atoms with Crippen molar-refractivity contribution in [1.82, 2.24) is 5.32 Å². The summed E-state index contributed by atoms with van der Waals surface area (Å²) in [4.78, 5) is 0. The zero-order chi connectivity index (χ0) is 9.23. The number of hydrogen-bond donors (Lipinski definition) is 1. The van der Waals surface area contributed by atoms with E-state index in [1.54, 1.807) is 0 Å². The molecule has 0 spiro atoms. The fourth-order valence-corrected chi connectivity index (χ4v) is 1.33. The van der Waals surface area contributed by atoms with Crippen molar-refractivity contribution in [3.05, 3.63) is 0 Å². The molecule has 70 valence electrons. The lowest BCUT2D eigenvalue weighted by Crippen LogP contribution is -2.29. The Labute approximate surface area is 76.9 Å². The van der Waals surface area contributed by atoms with Gasteiger partial charge in [0.2, 0.25) is 0 Å². The standard InChI is InChI=1S/C11H21N/c1-4-7-10-12-11(8-5-2)9-6-3/h11-12H,5-6,8-10H2,1-3H3. The van der Waals surface area contributed by atoms with Crippen molar-refractivity contribution in [3.8, 4) is 11.8 Å². The Morgan fingerprint density at radius 2 is 1.75 bits per heavy atom. The van der Waals surface area contributed by atoms with Crippen LogP contribution in [0.25, 0.3) is 0 Å². The normalized spacial score (nSPS) is 9.67. The molecule has 1 N–H and O–H groups in total. The van der Waals surface area contributed by atoms with Crippen LogP contribution in [-0.4, -0.2) is 12.6 Å². The van der Waals surface area contributed by atoms with E-state index in [0.29, 0.717) is 6.04 Å². The smallest absolute Gasteiger partial charge is 0.0578 e. The van der Waals surface area contributed by atoms with Gasteiger partial charge in [-0.3, -0.25) is 0 Å². The van der Waals surface area contributed by atoms with Crippen molar-refractivity contribution in [2.45, 2.75) is 52.5 Å². The monoisotopic (exact) mass is 167 g/mol. The highest BCUT2D eigenvalue weighted by Gasteiger charge is 2.03. The van der Waals surface area contributed by atoms with Crippen molar-refractivity contribution < 1.29 is 0 Å². The fraction of sp³-hybridized carbons (Fsp3) is 0.818. The quantitative estimate of drug-likeness (QED) is 0.599. The minimum Gasteiger partial charge on any atom is -0.303 e. The third-order valence-electron chi connectivity index (χ3n) is 1.93. The van der Waals surface area contributed by atoms with Crippen LogP contribution in [0.5, 0.6) is 0 Å². The van der Waals surface area contributed by atoms with Gasteiger partial charge in [-0.1, -0.05) is 32.6 Å². The second-order valence-corrected chi connectivity index (χ2v) is 3.08. The molecule has 0 bridgehead atoms. The van der Waals surface area contributed by atoms with Gasteiger partial charge in [0.15, 0.2) is 0 Å². The number of rotatable bonds is 6. The Balaban J connectivity index is 3.52. The van der Waals surface area contributed by atoms with Gasteiger partial charge in [0.25, 0.3) is 0 Å². The maximum Gasteiger partial charge on any atom is 0.0578 e. The van der Waals surface area contributed by atoms with Crippen LogP contribution in [0, 0.1) is 11.8 Å². The van der Waals surface area contributed by atoms with E-state index in [0.717, 1.165) is 6.54 Å². The summed E-state index contributed by atoms with van der Waals surface area (Å²) in [5.41, 5.74) is 0. The van der Waals surface area contributed by atoms with Gasteiger partial charge in [-0.05, 0) is 19.8 Å². The molecule has 0 aromatic heterocycles. The lowest BCUT2D eigenvalue weighted by Gasteiger charge is -2.14. The van der Waals surface area contributed by atoms with Crippen LogP contribution in [0.1, 0.15) is 46.5 Å². The first-order valence-electron chi connectivity index (χ1n) is 4.98. The molecule has 0 heterocycles. The number of nitrogens with one attached hydrogen (secondary N) is 1. The summed E-state index contributed by atoms with van der Waals surface area (Å²) in [5.74, 6) is 5.93. The third-order valence-corrected chi connectivity index (χ3v) is 1.93. The van der Waals surface area contributed by atoms with E-state index in [-0.39, 0.29) is 0 Å². The van der Waals surface area contributed by atoms with Crippen LogP contribution in [0.15, 0.2) is 0 Å². The first kappa shape index (κ1) is 11.5. The molecule has 0 unspecified atom stereocenters. The van der Waals surface area contributed by atoms with Crippen LogP contribution >= 0.6 is 0 Å². The average Bonchev–Trinajstić information content (AvgIpc) is 2.06. The predicted molar refractivity (Wildman–Crippen MR) is 55.1 cm³/mol. The summed E-state index contributed by atoms with van der Waals surface area (Å²) in [6.07, 6.45) is 5.08. The van der Waals surface area contributed by atoms with Gasteiger partial charge < -0.3 is 5.32 Å². The lowest BCUT2D eigenvalue weighted by molar-refractivity contribution is 0.466. The third kappa shape index (κ3) is 6.24. The molecule has 0 saturated heterocycles. The summed E-state index contributed by atoms with van der Waals surface area (Å²) < 4.78 is 0. The second kappa shape index (κ2) is 8.62. The number of hydrogen-bond acceptors (Lipinski definition) is 1. The first-order valence-corrected chi connectivity index (χ1v) is 4.98. The first-order chi connectivity index (χ1) is 5.85. The molecular weight excluding hydrogens is 146 g/mol. The van der Waals surface area contributed by atoms with Gasteiger partial charge in [-0.15, -0.1) is 5.92 Å². The highest BCUT2D eigenvalue weighted by atomic mass is 14.9. The van der Waals surface area contributed by atoms with Crippen molar-refractivity contribution in [2.75, 3.05) is 6.54 Å². The maximum absolute atomic E-state index is 3.45. The van der Waals surface area contributed by atoms with E-state index in [4.69, 9.17) is 0 Å².